The molecule has 0 aliphatic carbocycles. The van der Waals surface area contributed by atoms with E-state index >= 15 is 0 Å². The molecule has 5 nitrogen and oxygen atoms in total. The van der Waals surface area contributed by atoms with Crippen molar-refractivity contribution < 1.29 is 14.3 Å². The van der Waals surface area contributed by atoms with Crippen LogP contribution in [-0.2, 0) is 25.0 Å². The first kappa shape index (κ1) is 17.5. The number of carbonyl (C=O) groups excluding carboxylic acids is 1. The van der Waals surface area contributed by atoms with Crippen LogP contribution in [0.15, 0.2) is 35.6 Å². The van der Waals surface area contributed by atoms with E-state index in [4.69, 9.17) is 0 Å². The lowest BCUT2D eigenvalue weighted by molar-refractivity contribution is -0.129. The second-order valence-corrected chi connectivity index (χ2v) is 6.64. The maximum Gasteiger partial charge on any atom is 0.235 e. The summed E-state index contributed by atoms with van der Waals surface area (Å²) in [6.07, 6.45) is 1.59. The van der Waals surface area contributed by atoms with Gasteiger partial charge < -0.3 is 14.6 Å². The third-order valence-electron chi connectivity index (χ3n) is 3.52. The molecule has 1 amide bonds. The quantitative estimate of drug-likeness (QED) is 0.821. The van der Waals surface area contributed by atoms with E-state index < -0.39 is 0 Å². The molecule has 7 heteroatoms. The van der Waals surface area contributed by atoms with Crippen LogP contribution in [0.3, 0.4) is 0 Å². The number of amides is 1. The molecule has 0 aliphatic rings. The Labute approximate surface area is 139 Å². The Balaban J connectivity index is 1.99. The molecule has 2 aromatic rings. The summed E-state index contributed by atoms with van der Waals surface area (Å²) < 4.78 is 15.0. The highest BCUT2D eigenvalue weighted by molar-refractivity contribution is 8.00. The number of rotatable bonds is 6. The van der Waals surface area contributed by atoms with Gasteiger partial charge >= 0.3 is 0 Å². The Morgan fingerprint density at radius 2 is 2.26 bits per heavy atom. The summed E-state index contributed by atoms with van der Waals surface area (Å²) in [5.41, 5.74) is 1.44. The van der Waals surface area contributed by atoms with E-state index in [0.29, 0.717) is 17.4 Å². The van der Waals surface area contributed by atoms with Gasteiger partial charge in [-0.15, -0.1) is 0 Å². The predicted octanol–water partition coefficient (Wildman–Crippen LogP) is 2.19. The SMILES string of the molecule is CC(Sc1ncc(CO)n1C)C(=O)N(C)Cc1cccc(F)c1. The fraction of sp³-hybridized carbons (Fsp3) is 0.375. The van der Waals surface area contributed by atoms with E-state index in [1.54, 1.807) is 41.9 Å². The third-order valence-corrected chi connectivity index (χ3v) is 4.66. The Kier molecular flexibility index (Phi) is 5.79. The number of hydrogen-bond acceptors (Lipinski definition) is 4. The molecule has 0 saturated carbocycles. The molecule has 1 N–H and O–H groups in total. The molecule has 0 radical (unpaired) electrons. The molecule has 2 rings (SSSR count). The topological polar surface area (TPSA) is 58.4 Å². The Bertz CT molecular complexity index is 690. The second-order valence-electron chi connectivity index (χ2n) is 5.33. The highest BCUT2D eigenvalue weighted by Gasteiger charge is 2.21. The maximum atomic E-state index is 13.2. The number of hydrogen-bond donors (Lipinski definition) is 1. The monoisotopic (exact) mass is 337 g/mol. The van der Waals surface area contributed by atoms with Crippen molar-refractivity contribution in [3.8, 4) is 0 Å². The zero-order chi connectivity index (χ0) is 17.0. The summed E-state index contributed by atoms with van der Waals surface area (Å²) >= 11 is 1.33. The van der Waals surface area contributed by atoms with Gasteiger partial charge in [-0.3, -0.25) is 4.79 Å². The summed E-state index contributed by atoms with van der Waals surface area (Å²) in [5, 5.41) is 9.52. The summed E-state index contributed by atoms with van der Waals surface area (Å²) in [6.45, 7) is 2.07. The first-order valence-corrected chi connectivity index (χ1v) is 8.08. The lowest BCUT2D eigenvalue weighted by atomic mass is 10.2. The predicted molar refractivity (Wildman–Crippen MR) is 87.3 cm³/mol. The van der Waals surface area contributed by atoms with E-state index in [0.717, 1.165) is 5.56 Å². The van der Waals surface area contributed by atoms with Gasteiger partial charge in [0.25, 0.3) is 0 Å². The van der Waals surface area contributed by atoms with Crippen molar-refractivity contribution in [2.45, 2.75) is 30.5 Å². The number of aliphatic hydroxyl groups excluding tert-OH is 1. The van der Waals surface area contributed by atoms with Gasteiger partial charge in [-0.05, 0) is 24.6 Å². The van der Waals surface area contributed by atoms with Crippen LogP contribution in [0.1, 0.15) is 18.2 Å². The second kappa shape index (κ2) is 7.61. The fourth-order valence-electron chi connectivity index (χ4n) is 2.19. The van der Waals surface area contributed by atoms with Crippen LogP contribution in [-0.4, -0.2) is 37.8 Å². The number of halogens is 1. The van der Waals surface area contributed by atoms with Crippen molar-refractivity contribution in [1.82, 2.24) is 14.5 Å². The molecule has 1 aromatic carbocycles. The molecule has 0 saturated heterocycles. The number of imidazole rings is 1. The Morgan fingerprint density at radius 1 is 1.52 bits per heavy atom. The Hall–Kier alpha value is -1.86. The highest BCUT2D eigenvalue weighted by atomic mass is 32.2. The minimum absolute atomic E-state index is 0.0622. The third kappa shape index (κ3) is 4.33. The van der Waals surface area contributed by atoms with E-state index in [1.165, 1.54) is 23.9 Å². The van der Waals surface area contributed by atoms with Crippen molar-refractivity contribution >= 4 is 17.7 Å². The average Bonchev–Trinajstić information content (AvgIpc) is 2.86. The van der Waals surface area contributed by atoms with Crippen LogP contribution in [0.4, 0.5) is 4.39 Å². The van der Waals surface area contributed by atoms with Crippen LogP contribution < -0.4 is 0 Å². The first-order valence-electron chi connectivity index (χ1n) is 7.20. The zero-order valence-electron chi connectivity index (χ0n) is 13.4. The van der Waals surface area contributed by atoms with Gasteiger partial charge in [0.2, 0.25) is 5.91 Å². The molecule has 0 fully saturated rings. The number of nitrogens with zero attached hydrogens (tertiary/aromatic N) is 3. The van der Waals surface area contributed by atoms with Gasteiger partial charge in [-0.2, -0.15) is 0 Å². The Morgan fingerprint density at radius 3 is 2.87 bits per heavy atom. The molecule has 0 bridgehead atoms. The van der Waals surface area contributed by atoms with Crippen LogP contribution in [0.2, 0.25) is 0 Å². The molecule has 0 aliphatic heterocycles. The smallest absolute Gasteiger partial charge is 0.235 e. The number of carbonyl (C=O) groups is 1. The average molecular weight is 337 g/mol. The van der Waals surface area contributed by atoms with Gasteiger partial charge in [-0.25, -0.2) is 9.37 Å². The lowest BCUT2D eigenvalue weighted by Gasteiger charge is -2.21. The van der Waals surface area contributed by atoms with Gasteiger partial charge in [-0.1, -0.05) is 23.9 Å². The minimum atomic E-state index is -0.332. The van der Waals surface area contributed by atoms with E-state index in [1.807, 2.05) is 6.92 Å². The van der Waals surface area contributed by atoms with Crippen molar-refractivity contribution in [3.63, 3.8) is 0 Å². The molecule has 124 valence electrons. The number of aliphatic hydroxyl groups is 1. The van der Waals surface area contributed by atoms with Crippen molar-refractivity contribution in [2.24, 2.45) is 7.05 Å². The molecular formula is C16H20FN3O2S. The normalized spacial score (nSPS) is 12.2. The van der Waals surface area contributed by atoms with Gasteiger partial charge in [0.05, 0.1) is 23.7 Å². The number of benzene rings is 1. The molecule has 23 heavy (non-hydrogen) atoms. The van der Waals surface area contributed by atoms with E-state index in [2.05, 4.69) is 4.98 Å². The first-order chi connectivity index (χ1) is 10.9. The van der Waals surface area contributed by atoms with Crippen LogP contribution >= 0.6 is 11.8 Å². The van der Waals surface area contributed by atoms with Crippen molar-refractivity contribution in [2.75, 3.05) is 7.05 Å². The minimum Gasteiger partial charge on any atom is -0.390 e. The van der Waals surface area contributed by atoms with Gasteiger partial charge in [0.15, 0.2) is 5.16 Å². The lowest BCUT2D eigenvalue weighted by Crippen LogP contribution is -2.33. The summed E-state index contributed by atoms with van der Waals surface area (Å²) in [4.78, 5) is 18.2. The molecular weight excluding hydrogens is 317 g/mol. The van der Waals surface area contributed by atoms with Crippen molar-refractivity contribution in [3.05, 3.63) is 47.5 Å². The highest BCUT2D eigenvalue weighted by Crippen LogP contribution is 2.24. The van der Waals surface area contributed by atoms with E-state index in [9.17, 15) is 14.3 Å². The summed E-state index contributed by atoms with van der Waals surface area (Å²) in [7, 11) is 3.50. The van der Waals surface area contributed by atoms with Crippen LogP contribution in [0, 0.1) is 5.82 Å². The zero-order valence-corrected chi connectivity index (χ0v) is 14.2. The largest absolute Gasteiger partial charge is 0.390 e. The number of aromatic nitrogens is 2. The van der Waals surface area contributed by atoms with Crippen molar-refractivity contribution in [1.29, 1.82) is 0 Å². The standard InChI is InChI=1S/C16H20FN3O2S/c1-11(23-16-18-8-14(10-21)20(16)3)15(22)19(2)9-12-5-4-6-13(17)7-12/h4-8,11,21H,9-10H2,1-3H3. The molecule has 0 spiro atoms. The van der Waals surface area contributed by atoms with Crippen LogP contribution in [0.25, 0.3) is 0 Å². The maximum absolute atomic E-state index is 13.2. The molecule has 1 heterocycles. The molecule has 1 aromatic heterocycles. The summed E-state index contributed by atoms with van der Waals surface area (Å²) in [6, 6.07) is 6.22. The molecule has 1 unspecified atom stereocenters. The van der Waals surface area contributed by atoms with Gasteiger partial charge in [0.1, 0.15) is 5.82 Å². The van der Waals surface area contributed by atoms with E-state index in [-0.39, 0.29) is 23.6 Å². The van der Waals surface area contributed by atoms with Crippen LogP contribution in [0.5, 0.6) is 0 Å². The fourth-order valence-corrected chi connectivity index (χ4v) is 3.17. The summed E-state index contributed by atoms with van der Waals surface area (Å²) in [5.74, 6) is -0.372. The number of thioether (sulfide) groups is 1. The van der Waals surface area contributed by atoms with Gasteiger partial charge in [0, 0.05) is 20.6 Å². The molecule has 1 atom stereocenters.